The second kappa shape index (κ2) is 3.69. The van der Waals surface area contributed by atoms with E-state index < -0.39 is 0 Å². The lowest BCUT2D eigenvalue weighted by molar-refractivity contribution is 0.770. The van der Waals surface area contributed by atoms with E-state index in [-0.39, 0.29) is 5.92 Å². The first-order valence-electron chi connectivity index (χ1n) is 3.56. The van der Waals surface area contributed by atoms with Gasteiger partial charge in [-0.15, -0.1) is 0 Å². The molecule has 1 aromatic heterocycles. The van der Waals surface area contributed by atoms with Gasteiger partial charge < -0.3 is 5.73 Å². The molecule has 0 bridgehead atoms. The molecule has 1 rings (SSSR count). The minimum Gasteiger partial charge on any atom is -0.330 e. The van der Waals surface area contributed by atoms with E-state index in [0.29, 0.717) is 11.7 Å². The Balaban J connectivity index is 2.93. The molecule has 11 heavy (non-hydrogen) atoms. The molecule has 0 aromatic carbocycles. The van der Waals surface area contributed by atoms with Crippen molar-refractivity contribution in [2.75, 3.05) is 6.54 Å². The predicted octanol–water partition coefficient (Wildman–Crippen LogP) is 1.80. The van der Waals surface area contributed by atoms with E-state index in [1.807, 2.05) is 19.1 Å². The average Bonchev–Trinajstić information content (AvgIpc) is 2.04. The molecule has 1 heterocycles. The summed E-state index contributed by atoms with van der Waals surface area (Å²) in [5, 5.41) is 0.561. The Hall–Kier alpha value is -0.600. The maximum atomic E-state index is 5.83. The van der Waals surface area contributed by atoms with Gasteiger partial charge in [-0.1, -0.05) is 24.6 Å². The van der Waals surface area contributed by atoms with Crippen molar-refractivity contribution >= 4 is 11.6 Å². The number of aromatic nitrogens is 1. The van der Waals surface area contributed by atoms with Crippen LogP contribution in [-0.2, 0) is 0 Å². The number of hydrogen-bond donors (Lipinski definition) is 1. The van der Waals surface area contributed by atoms with Crippen molar-refractivity contribution in [1.29, 1.82) is 0 Å². The van der Waals surface area contributed by atoms with Crippen LogP contribution in [0.25, 0.3) is 0 Å². The Kier molecular flexibility index (Phi) is 2.85. The van der Waals surface area contributed by atoms with E-state index in [2.05, 4.69) is 4.98 Å². The zero-order chi connectivity index (χ0) is 8.27. The molecule has 1 aromatic rings. The number of nitrogens with zero attached hydrogens (tertiary/aromatic N) is 1. The minimum absolute atomic E-state index is 0.288. The van der Waals surface area contributed by atoms with E-state index in [1.54, 1.807) is 6.20 Å². The number of halogens is 1. The highest BCUT2D eigenvalue weighted by Crippen LogP contribution is 2.20. The third kappa shape index (κ3) is 1.91. The number of hydrogen-bond acceptors (Lipinski definition) is 2. The Morgan fingerprint density at radius 1 is 1.73 bits per heavy atom. The van der Waals surface area contributed by atoms with Crippen molar-refractivity contribution in [3.05, 3.63) is 29.0 Å². The van der Waals surface area contributed by atoms with Crippen molar-refractivity contribution in [2.45, 2.75) is 12.8 Å². The summed E-state index contributed by atoms with van der Waals surface area (Å²) in [6, 6.07) is 3.82. The van der Waals surface area contributed by atoms with Crippen molar-refractivity contribution < 1.29 is 0 Å². The second-order valence-corrected chi connectivity index (χ2v) is 2.88. The highest BCUT2D eigenvalue weighted by molar-refractivity contribution is 6.30. The minimum atomic E-state index is 0.288. The van der Waals surface area contributed by atoms with Gasteiger partial charge in [0.1, 0.15) is 5.15 Å². The molecule has 0 aliphatic carbocycles. The lowest BCUT2D eigenvalue weighted by Crippen LogP contribution is -2.09. The Labute approximate surface area is 71.4 Å². The summed E-state index contributed by atoms with van der Waals surface area (Å²) in [6.07, 6.45) is 1.68. The third-order valence-electron chi connectivity index (χ3n) is 1.67. The van der Waals surface area contributed by atoms with Crippen LogP contribution >= 0.6 is 11.6 Å². The van der Waals surface area contributed by atoms with E-state index >= 15 is 0 Å². The first kappa shape index (κ1) is 8.50. The van der Waals surface area contributed by atoms with Gasteiger partial charge in [0.2, 0.25) is 0 Å². The van der Waals surface area contributed by atoms with Crippen LogP contribution in [0.5, 0.6) is 0 Å². The lowest BCUT2D eigenvalue weighted by Gasteiger charge is -2.08. The third-order valence-corrected chi connectivity index (χ3v) is 1.99. The molecule has 1 unspecified atom stereocenters. The van der Waals surface area contributed by atoms with Gasteiger partial charge in [-0.2, -0.15) is 0 Å². The SMILES string of the molecule is CC(CN)c1cccnc1Cl. The van der Waals surface area contributed by atoms with Crippen LogP contribution < -0.4 is 5.73 Å². The molecule has 2 nitrogen and oxygen atoms in total. The Morgan fingerprint density at radius 3 is 3.00 bits per heavy atom. The molecule has 0 radical (unpaired) electrons. The molecule has 0 spiro atoms. The summed E-state index contributed by atoms with van der Waals surface area (Å²) >= 11 is 5.83. The van der Waals surface area contributed by atoms with Crippen LogP contribution in [0.1, 0.15) is 18.4 Å². The Morgan fingerprint density at radius 2 is 2.45 bits per heavy atom. The zero-order valence-corrected chi connectivity index (χ0v) is 7.17. The van der Waals surface area contributed by atoms with Crippen LogP contribution in [0, 0.1) is 0 Å². The topological polar surface area (TPSA) is 38.9 Å². The van der Waals surface area contributed by atoms with Gasteiger partial charge in [0.05, 0.1) is 0 Å². The fraction of sp³-hybridized carbons (Fsp3) is 0.375. The molecule has 0 aliphatic rings. The van der Waals surface area contributed by atoms with E-state index in [0.717, 1.165) is 5.56 Å². The van der Waals surface area contributed by atoms with Gasteiger partial charge >= 0.3 is 0 Å². The normalized spacial score (nSPS) is 13.0. The summed E-state index contributed by atoms with van der Waals surface area (Å²) in [5.41, 5.74) is 6.51. The lowest BCUT2D eigenvalue weighted by atomic mass is 10.0. The average molecular weight is 171 g/mol. The first-order chi connectivity index (χ1) is 5.25. The molecule has 0 amide bonds. The maximum Gasteiger partial charge on any atom is 0.132 e. The van der Waals surface area contributed by atoms with E-state index in [1.165, 1.54) is 0 Å². The highest BCUT2D eigenvalue weighted by Gasteiger charge is 2.06. The number of nitrogens with two attached hydrogens (primary N) is 1. The molecule has 0 fully saturated rings. The number of pyridine rings is 1. The van der Waals surface area contributed by atoms with Gasteiger partial charge in [-0.05, 0) is 24.1 Å². The maximum absolute atomic E-state index is 5.83. The summed E-state index contributed by atoms with van der Waals surface area (Å²) in [6.45, 7) is 2.63. The van der Waals surface area contributed by atoms with Crippen LogP contribution in [0.4, 0.5) is 0 Å². The van der Waals surface area contributed by atoms with Crippen LogP contribution in [0.2, 0.25) is 5.15 Å². The van der Waals surface area contributed by atoms with Crippen molar-refractivity contribution in [3.8, 4) is 0 Å². The quantitative estimate of drug-likeness (QED) is 0.688. The molecule has 0 saturated heterocycles. The molecule has 1 atom stereocenters. The summed E-state index contributed by atoms with van der Waals surface area (Å²) in [7, 11) is 0. The number of rotatable bonds is 2. The van der Waals surface area contributed by atoms with Crippen molar-refractivity contribution in [3.63, 3.8) is 0 Å². The summed E-state index contributed by atoms with van der Waals surface area (Å²) in [5.74, 6) is 0.288. The molecule has 0 saturated carbocycles. The molecule has 2 N–H and O–H groups in total. The predicted molar refractivity (Wildman–Crippen MR) is 46.7 cm³/mol. The first-order valence-corrected chi connectivity index (χ1v) is 3.94. The summed E-state index contributed by atoms with van der Waals surface area (Å²) < 4.78 is 0. The standard InChI is InChI=1S/C8H11ClN2/c1-6(5-10)7-3-2-4-11-8(7)9/h2-4,6H,5,10H2,1H3. The van der Waals surface area contributed by atoms with Gasteiger partial charge in [-0.25, -0.2) is 4.98 Å². The summed E-state index contributed by atoms with van der Waals surface area (Å²) in [4.78, 5) is 3.96. The van der Waals surface area contributed by atoms with E-state index in [4.69, 9.17) is 17.3 Å². The van der Waals surface area contributed by atoms with Crippen LogP contribution in [-0.4, -0.2) is 11.5 Å². The van der Waals surface area contributed by atoms with Crippen molar-refractivity contribution in [2.24, 2.45) is 5.73 Å². The fourth-order valence-corrected chi connectivity index (χ4v) is 1.20. The van der Waals surface area contributed by atoms with Gasteiger partial charge in [-0.3, -0.25) is 0 Å². The zero-order valence-electron chi connectivity index (χ0n) is 6.42. The second-order valence-electron chi connectivity index (χ2n) is 2.52. The van der Waals surface area contributed by atoms with Gasteiger partial charge in [0.15, 0.2) is 0 Å². The molecular weight excluding hydrogens is 160 g/mol. The smallest absolute Gasteiger partial charge is 0.132 e. The molecular formula is C8H11ClN2. The van der Waals surface area contributed by atoms with Crippen molar-refractivity contribution in [1.82, 2.24) is 4.98 Å². The fourth-order valence-electron chi connectivity index (χ4n) is 0.893. The molecule has 0 aliphatic heterocycles. The van der Waals surface area contributed by atoms with Crippen LogP contribution in [0.3, 0.4) is 0 Å². The molecule has 60 valence electrons. The van der Waals surface area contributed by atoms with E-state index in [9.17, 15) is 0 Å². The molecule has 3 heteroatoms. The van der Waals surface area contributed by atoms with Gasteiger partial charge in [0.25, 0.3) is 0 Å². The van der Waals surface area contributed by atoms with Crippen LogP contribution in [0.15, 0.2) is 18.3 Å². The Bertz CT molecular complexity index is 237. The largest absolute Gasteiger partial charge is 0.330 e. The van der Waals surface area contributed by atoms with Gasteiger partial charge in [0, 0.05) is 6.20 Å². The monoisotopic (exact) mass is 170 g/mol. The highest BCUT2D eigenvalue weighted by atomic mass is 35.5.